The molecule has 0 unspecified atom stereocenters. The largest absolute Gasteiger partial charge is 0.391 e. The molecule has 0 atom stereocenters. The number of hydrogen-bond acceptors (Lipinski definition) is 3. The predicted octanol–water partition coefficient (Wildman–Crippen LogP) is 2.92. The maximum Gasteiger partial charge on any atom is 0.100 e. The van der Waals surface area contributed by atoms with E-state index in [9.17, 15) is 0 Å². The molecule has 1 aromatic heterocycles. The van der Waals surface area contributed by atoms with Crippen molar-refractivity contribution < 1.29 is 0 Å². The highest BCUT2D eigenvalue weighted by atomic mass is 32.1. The summed E-state index contributed by atoms with van der Waals surface area (Å²) in [6, 6.07) is 8.19. The van der Waals surface area contributed by atoms with Gasteiger partial charge >= 0.3 is 0 Å². The molecular formula is C11H10N2S. The van der Waals surface area contributed by atoms with Crippen LogP contribution in [-0.4, -0.2) is 0 Å². The van der Waals surface area contributed by atoms with Gasteiger partial charge in [-0.1, -0.05) is 13.0 Å². The molecule has 0 fully saturated rings. The molecule has 2 nitrogen and oxygen atoms in total. The number of nitriles is 1. The number of anilines is 1. The summed E-state index contributed by atoms with van der Waals surface area (Å²) in [5.74, 6) is 0. The second-order valence-corrected chi connectivity index (χ2v) is 4.24. The highest BCUT2D eigenvalue weighted by Crippen LogP contribution is 2.31. The van der Waals surface area contributed by atoms with Gasteiger partial charge in [-0.2, -0.15) is 5.26 Å². The minimum absolute atomic E-state index is 0.768. The average molecular weight is 202 g/mol. The van der Waals surface area contributed by atoms with Gasteiger partial charge in [-0.3, -0.25) is 0 Å². The van der Waals surface area contributed by atoms with E-state index in [0.717, 1.165) is 32.6 Å². The molecule has 2 aromatic rings. The smallest absolute Gasteiger partial charge is 0.100 e. The lowest BCUT2D eigenvalue weighted by molar-refractivity contribution is 1.14. The van der Waals surface area contributed by atoms with Crippen LogP contribution in [0.2, 0.25) is 0 Å². The topological polar surface area (TPSA) is 49.8 Å². The van der Waals surface area contributed by atoms with E-state index in [-0.39, 0.29) is 0 Å². The third kappa shape index (κ3) is 1.24. The van der Waals surface area contributed by atoms with Crippen molar-refractivity contribution in [3.8, 4) is 6.07 Å². The summed E-state index contributed by atoms with van der Waals surface area (Å²) < 4.78 is 1.09. The van der Waals surface area contributed by atoms with Crippen LogP contribution in [0.15, 0.2) is 18.2 Å². The lowest BCUT2D eigenvalue weighted by Crippen LogP contribution is -1.86. The van der Waals surface area contributed by atoms with Crippen molar-refractivity contribution in [3.05, 3.63) is 29.3 Å². The van der Waals surface area contributed by atoms with Crippen molar-refractivity contribution in [2.45, 2.75) is 13.3 Å². The van der Waals surface area contributed by atoms with E-state index in [0.29, 0.717) is 0 Å². The fourth-order valence-corrected chi connectivity index (χ4v) is 2.44. The molecule has 0 amide bonds. The molecule has 70 valence electrons. The van der Waals surface area contributed by atoms with E-state index in [1.54, 1.807) is 0 Å². The minimum Gasteiger partial charge on any atom is -0.391 e. The van der Waals surface area contributed by atoms with Crippen LogP contribution in [0, 0.1) is 11.3 Å². The van der Waals surface area contributed by atoms with Gasteiger partial charge in [0, 0.05) is 10.1 Å². The normalized spacial score (nSPS) is 10.3. The Bertz CT molecular complexity index is 520. The van der Waals surface area contributed by atoms with Crippen LogP contribution in [0.3, 0.4) is 0 Å². The number of nitrogens with zero attached hydrogens (tertiary/aromatic N) is 1. The highest BCUT2D eigenvalue weighted by molar-refractivity contribution is 7.22. The Morgan fingerprint density at radius 3 is 2.93 bits per heavy atom. The highest BCUT2D eigenvalue weighted by Gasteiger charge is 2.08. The van der Waals surface area contributed by atoms with Gasteiger partial charge in [-0.15, -0.1) is 11.3 Å². The summed E-state index contributed by atoms with van der Waals surface area (Å²) in [6.45, 7) is 2.05. The second kappa shape index (κ2) is 3.32. The van der Waals surface area contributed by atoms with E-state index in [1.165, 1.54) is 11.3 Å². The second-order valence-electron chi connectivity index (χ2n) is 3.13. The van der Waals surface area contributed by atoms with Crippen LogP contribution in [0.5, 0.6) is 0 Å². The van der Waals surface area contributed by atoms with Crippen molar-refractivity contribution in [2.75, 3.05) is 5.73 Å². The van der Waals surface area contributed by atoms with Crippen LogP contribution in [0.4, 0.5) is 5.00 Å². The Labute approximate surface area is 86.6 Å². The molecule has 1 aromatic carbocycles. The number of thiophene rings is 1. The number of fused-ring (bicyclic) bond motifs is 1. The predicted molar refractivity (Wildman–Crippen MR) is 60.3 cm³/mol. The number of hydrogen-bond donors (Lipinski definition) is 1. The Morgan fingerprint density at radius 1 is 1.50 bits per heavy atom. The van der Waals surface area contributed by atoms with Gasteiger partial charge in [-0.05, 0) is 24.1 Å². The molecule has 0 aliphatic rings. The van der Waals surface area contributed by atoms with Crippen molar-refractivity contribution in [1.29, 1.82) is 5.26 Å². The summed E-state index contributed by atoms with van der Waals surface area (Å²) in [4.78, 5) is 0. The summed E-state index contributed by atoms with van der Waals surface area (Å²) in [5.41, 5.74) is 7.59. The molecule has 0 aliphatic carbocycles. The van der Waals surface area contributed by atoms with Gasteiger partial charge in [0.25, 0.3) is 0 Å². The fourth-order valence-electron chi connectivity index (χ4n) is 1.60. The molecule has 0 aliphatic heterocycles. The third-order valence-electron chi connectivity index (χ3n) is 2.30. The first-order valence-corrected chi connectivity index (χ1v) is 5.29. The first kappa shape index (κ1) is 9.04. The van der Waals surface area contributed by atoms with Crippen molar-refractivity contribution in [2.24, 2.45) is 0 Å². The maximum atomic E-state index is 9.07. The Hall–Kier alpha value is -1.53. The van der Waals surface area contributed by atoms with E-state index in [4.69, 9.17) is 11.0 Å². The van der Waals surface area contributed by atoms with Gasteiger partial charge in [0.1, 0.15) is 6.07 Å². The SMILES string of the molecule is CCc1ccc2sc(N)cc2c1C#N. The van der Waals surface area contributed by atoms with E-state index >= 15 is 0 Å². The molecule has 1 heterocycles. The van der Waals surface area contributed by atoms with Crippen LogP contribution >= 0.6 is 11.3 Å². The molecule has 0 radical (unpaired) electrons. The van der Waals surface area contributed by atoms with Gasteiger partial charge < -0.3 is 5.73 Å². The van der Waals surface area contributed by atoms with E-state index in [1.807, 2.05) is 18.2 Å². The minimum atomic E-state index is 0.768. The Morgan fingerprint density at radius 2 is 2.29 bits per heavy atom. The van der Waals surface area contributed by atoms with Crippen LogP contribution in [-0.2, 0) is 6.42 Å². The summed E-state index contributed by atoms with van der Waals surface area (Å²) in [5, 5.41) is 10.8. The van der Waals surface area contributed by atoms with E-state index in [2.05, 4.69) is 13.0 Å². The number of aryl methyl sites for hydroxylation is 1. The fraction of sp³-hybridized carbons (Fsp3) is 0.182. The van der Waals surface area contributed by atoms with Crippen LogP contribution in [0.1, 0.15) is 18.1 Å². The quantitative estimate of drug-likeness (QED) is 0.773. The summed E-state index contributed by atoms with van der Waals surface area (Å²) >= 11 is 1.53. The van der Waals surface area contributed by atoms with Gasteiger partial charge in [0.2, 0.25) is 0 Å². The summed E-state index contributed by atoms with van der Waals surface area (Å²) in [6.07, 6.45) is 0.884. The molecule has 3 heteroatoms. The standard InChI is InChI=1S/C11H10N2S/c1-2-7-3-4-10-8(9(7)6-12)5-11(13)14-10/h3-5H,2,13H2,1H3. The van der Waals surface area contributed by atoms with Crippen LogP contribution < -0.4 is 5.73 Å². The molecule has 2 rings (SSSR count). The molecule has 0 spiro atoms. The molecule has 0 saturated carbocycles. The molecule has 0 saturated heterocycles. The first-order valence-electron chi connectivity index (χ1n) is 4.47. The van der Waals surface area contributed by atoms with E-state index < -0.39 is 0 Å². The number of nitrogen functional groups attached to an aromatic ring is 1. The average Bonchev–Trinajstić information content (AvgIpc) is 2.56. The lowest BCUT2D eigenvalue weighted by Gasteiger charge is -2.00. The number of nitrogens with two attached hydrogens (primary N) is 1. The van der Waals surface area contributed by atoms with Crippen LogP contribution in [0.25, 0.3) is 10.1 Å². The lowest BCUT2D eigenvalue weighted by atomic mass is 10.0. The molecule has 2 N–H and O–H groups in total. The zero-order chi connectivity index (χ0) is 10.1. The third-order valence-corrected chi connectivity index (χ3v) is 3.23. The van der Waals surface area contributed by atoms with Crippen molar-refractivity contribution in [3.63, 3.8) is 0 Å². The Kier molecular flexibility index (Phi) is 2.14. The number of benzene rings is 1. The van der Waals surface area contributed by atoms with Crippen molar-refractivity contribution >= 4 is 26.4 Å². The number of rotatable bonds is 1. The monoisotopic (exact) mass is 202 g/mol. The maximum absolute atomic E-state index is 9.07. The first-order chi connectivity index (χ1) is 6.76. The zero-order valence-corrected chi connectivity index (χ0v) is 8.69. The van der Waals surface area contributed by atoms with Gasteiger partial charge in [-0.25, -0.2) is 0 Å². The Balaban J connectivity index is 2.84. The summed E-state index contributed by atoms with van der Waals surface area (Å²) in [7, 11) is 0. The molecular weight excluding hydrogens is 192 g/mol. The molecule has 14 heavy (non-hydrogen) atoms. The van der Waals surface area contributed by atoms with Crippen molar-refractivity contribution in [1.82, 2.24) is 0 Å². The van der Waals surface area contributed by atoms with Gasteiger partial charge in [0.05, 0.1) is 10.6 Å². The zero-order valence-electron chi connectivity index (χ0n) is 7.87. The molecule has 0 bridgehead atoms. The van der Waals surface area contributed by atoms with Gasteiger partial charge in [0.15, 0.2) is 0 Å².